The number of furan rings is 1. The second-order valence-electron chi connectivity index (χ2n) is 4.87. The van der Waals surface area contributed by atoms with Crippen molar-refractivity contribution in [3.05, 3.63) is 36.1 Å². The highest BCUT2D eigenvalue weighted by Gasteiger charge is 2.34. The number of benzene rings is 1. The molecule has 4 N–H and O–H groups in total. The van der Waals surface area contributed by atoms with Gasteiger partial charge in [0.25, 0.3) is 5.91 Å². The van der Waals surface area contributed by atoms with Crippen molar-refractivity contribution in [1.29, 1.82) is 0 Å². The summed E-state index contributed by atoms with van der Waals surface area (Å²) < 4.78 is 5.37. The lowest BCUT2D eigenvalue weighted by Gasteiger charge is -2.31. The summed E-state index contributed by atoms with van der Waals surface area (Å²) in [6, 6.07) is 7.29. The van der Waals surface area contributed by atoms with Gasteiger partial charge >= 0.3 is 0 Å². The molecule has 0 bridgehead atoms. The van der Waals surface area contributed by atoms with Gasteiger partial charge in [0, 0.05) is 5.39 Å². The summed E-state index contributed by atoms with van der Waals surface area (Å²) in [5.41, 5.74) is 5.96. The molecule has 0 unspecified atom stereocenters. The van der Waals surface area contributed by atoms with Crippen LogP contribution in [0.15, 0.2) is 40.1 Å². The van der Waals surface area contributed by atoms with Crippen molar-refractivity contribution in [2.24, 2.45) is 10.9 Å². The molecule has 0 aliphatic heterocycles. The standard InChI is InChI=1S/C15H19N3O3/c1-3-15(4-2,14(16)18-20)17-13(19)11-9-21-12-8-6-5-7-10(11)12/h5-9,20H,3-4H2,1-2H3,(H2,16,18)(H,17,19). The van der Waals surface area contributed by atoms with Crippen molar-refractivity contribution in [1.82, 2.24) is 5.32 Å². The van der Waals surface area contributed by atoms with Crippen LogP contribution in [0.1, 0.15) is 37.0 Å². The molecule has 2 rings (SSSR count). The van der Waals surface area contributed by atoms with E-state index in [4.69, 9.17) is 15.4 Å². The van der Waals surface area contributed by atoms with Gasteiger partial charge in [0.05, 0.1) is 5.56 Å². The summed E-state index contributed by atoms with van der Waals surface area (Å²) in [7, 11) is 0. The quantitative estimate of drug-likeness (QED) is 0.340. The van der Waals surface area contributed by atoms with Gasteiger partial charge < -0.3 is 20.7 Å². The number of amidine groups is 1. The Morgan fingerprint density at radius 1 is 1.38 bits per heavy atom. The van der Waals surface area contributed by atoms with E-state index in [0.717, 1.165) is 5.39 Å². The monoisotopic (exact) mass is 289 g/mol. The molecule has 0 fully saturated rings. The molecule has 0 radical (unpaired) electrons. The summed E-state index contributed by atoms with van der Waals surface area (Å²) in [6.07, 6.45) is 2.45. The molecule has 0 aliphatic rings. The van der Waals surface area contributed by atoms with Gasteiger partial charge in [-0.3, -0.25) is 4.79 Å². The summed E-state index contributed by atoms with van der Waals surface area (Å²) >= 11 is 0. The molecule has 2 aromatic rings. The van der Waals surface area contributed by atoms with E-state index in [9.17, 15) is 4.79 Å². The molecule has 0 saturated heterocycles. The number of hydrogen-bond acceptors (Lipinski definition) is 4. The van der Waals surface area contributed by atoms with Gasteiger partial charge in [-0.05, 0) is 18.9 Å². The van der Waals surface area contributed by atoms with Gasteiger partial charge in [0.1, 0.15) is 17.4 Å². The first kappa shape index (κ1) is 14.9. The van der Waals surface area contributed by atoms with Gasteiger partial charge in [-0.2, -0.15) is 0 Å². The summed E-state index contributed by atoms with van der Waals surface area (Å²) in [4.78, 5) is 12.5. The molecule has 1 heterocycles. The van der Waals surface area contributed by atoms with E-state index in [1.165, 1.54) is 6.26 Å². The van der Waals surface area contributed by atoms with Crippen LogP contribution in [0.3, 0.4) is 0 Å². The fraction of sp³-hybridized carbons (Fsp3) is 0.333. The van der Waals surface area contributed by atoms with E-state index in [1.807, 2.05) is 32.0 Å². The van der Waals surface area contributed by atoms with E-state index < -0.39 is 5.54 Å². The smallest absolute Gasteiger partial charge is 0.255 e. The number of nitrogens with zero attached hydrogens (tertiary/aromatic N) is 1. The summed E-state index contributed by atoms with van der Waals surface area (Å²) in [5, 5.41) is 15.6. The molecule has 1 amide bonds. The van der Waals surface area contributed by atoms with Crippen LogP contribution in [0.5, 0.6) is 0 Å². The number of fused-ring (bicyclic) bond motifs is 1. The number of nitrogens with two attached hydrogens (primary N) is 1. The highest BCUT2D eigenvalue weighted by Crippen LogP contribution is 2.23. The van der Waals surface area contributed by atoms with Crippen LogP contribution in [0.2, 0.25) is 0 Å². The Kier molecular flexibility index (Phi) is 4.16. The first-order chi connectivity index (χ1) is 10.1. The molecular formula is C15H19N3O3. The second kappa shape index (κ2) is 5.87. The molecular weight excluding hydrogens is 270 g/mol. The minimum absolute atomic E-state index is 0.00588. The SMILES string of the molecule is CCC(CC)(NC(=O)c1coc2ccccc12)C(N)=NO. The Bertz CT molecular complexity index is 672. The van der Waals surface area contributed by atoms with E-state index in [1.54, 1.807) is 6.07 Å². The predicted molar refractivity (Wildman–Crippen MR) is 80.4 cm³/mol. The highest BCUT2D eigenvalue weighted by molar-refractivity contribution is 6.08. The van der Waals surface area contributed by atoms with Crippen LogP contribution >= 0.6 is 0 Å². The lowest BCUT2D eigenvalue weighted by molar-refractivity contribution is 0.0918. The number of rotatable bonds is 5. The van der Waals surface area contributed by atoms with E-state index in [-0.39, 0.29) is 11.7 Å². The third kappa shape index (κ3) is 2.56. The first-order valence-corrected chi connectivity index (χ1v) is 6.84. The number of nitrogens with one attached hydrogen (secondary N) is 1. The number of hydrogen-bond donors (Lipinski definition) is 3. The number of para-hydroxylation sites is 1. The second-order valence-corrected chi connectivity index (χ2v) is 4.87. The van der Waals surface area contributed by atoms with E-state index in [0.29, 0.717) is 24.0 Å². The van der Waals surface area contributed by atoms with Crippen LogP contribution in [0.25, 0.3) is 11.0 Å². The van der Waals surface area contributed by atoms with Gasteiger partial charge in [-0.1, -0.05) is 37.2 Å². The zero-order valence-electron chi connectivity index (χ0n) is 12.1. The van der Waals surface area contributed by atoms with Crippen molar-refractivity contribution < 1.29 is 14.4 Å². The summed E-state index contributed by atoms with van der Waals surface area (Å²) in [6.45, 7) is 3.74. The van der Waals surface area contributed by atoms with Gasteiger partial charge in [0.2, 0.25) is 0 Å². The zero-order chi connectivity index (χ0) is 15.5. The average molecular weight is 289 g/mol. The Labute approximate surface area is 122 Å². The average Bonchev–Trinajstić information content (AvgIpc) is 2.96. The molecule has 0 aliphatic carbocycles. The molecule has 112 valence electrons. The maximum absolute atomic E-state index is 12.5. The minimum atomic E-state index is -0.871. The third-order valence-electron chi connectivity index (χ3n) is 3.88. The van der Waals surface area contributed by atoms with Crippen LogP contribution in [0.4, 0.5) is 0 Å². The molecule has 6 heteroatoms. The Morgan fingerprint density at radius 2 is 2.05 bits per heavy atom. The van der Waals surface area contributed by atoms with Crippen molar-refractivity contribution in [3.8, 4) is 0 Å². The predicted octanol–water partition coefficient (Wildman–Crippen LogP) is 2.47. The highest BCUT2D eigenvalue weighted by atomic mass is 16.4. The number of carbonyl (C=O) groups is 1. The van der Waals surface area contributed by atoms with Gasteiger partial charge in [-0.15, -0.1) is 0 Å². The van der Waals surface area contributed by atoms with Crippen molar-refractivity contribution in [2.75, 3.05) is 0 Å². The molecule has 21 heavy (non-hydrogen) atoms. The zero-order valence-corrected chi connectivity index (χ0v) is 12.1. The number of oxime groups is 1. The van der Waals surface area contributed by atoms with E-state index in [2.05, 4.69) is 10.5 Å². The topological polar surface area (TPSA) is 101 Å². The third-order valence-corrected chi connectivity index (χ3v) is 3.88. The minimum Gasteiger partial charge on any atom is -0.463 e. The normalized spacial score (nSPS) is 12.6. The molecule has 0 spiro atoms. The molecule has 0 atom stereocenters. The number of carbonyl (C=O) groups excluding carboxylic acids is 1. The van der Waals surface area contributed by atoms with Crippen LogP contribution < -0.4 is 11.1 Å². The Hall–Kier alpha value is -2.50. The Morgan fingerprint density at radius 3 is 2.67 bits per heavy atom. The fourth-order valence-corrected chi connectivity index (χ4v) is 2.39. The largest absolute Gasteiger partial charge is 0.463 e. The maximum atomic E-state index is 12.5. The molecule has 6 nitrogen and oxygen atoms in total. The first-order valence-electron chi connectivity index (χ1n) is 6.84. The van der Waals surface area contributed by atoms with Crippen molar-refractivity contribution >= 4 is 22.7 Å². The van der Waals surface area contributed by atoms with Crippen LogP contribution in [-0.2, 0) is 0 Å². The number of amides is 1. The van der Waals surface area contributed by atoms with Crippen LogP contribution in [-0.4, -0.2) is 22.5 Å². The maximum Gasteiger partial charge on any atom is 0.255 e. The van der Waals surface area contributed by atoms with Crippen LogP contribution in [0, 0.1) is 0 Å². The fourth-order valence-electron chi connectivity index (χ4n) is 2.39. The lowest BCUT2D eigenvalue weighted by atomic mass is 9.91. The summed E-state index contributed by atoms with van der Waals surface area (Å²) in [5.74, 6) is -0.316. The van der Waals surface area contributed by atoms with Crippen molar-refractivity contribution in [3.63, 3.8) is 0 Å². The van der Waals surface area contributed by atoms with Gasteiger partial charge in [-0.25, -0.2) is 0 Å². The lowest BCUT2D eigenvalue weighted by Crippen LogP contribution is -2.56. The van der Waals surface area contributed by atoms with Crippen molar-refractivity contribution in [2.45, 2.75) is 32.2 Å². The molecule has 1 aromatic heterocycles. The molecule has 1 aromatic carbocycles. The van der Waals surface area contributed by atoms with E-state index >= 15 is 0 Å². The molecule has 0 saturated carbocycles. The van der Waals surface area contributed by atoms with Gasteiger partial charge in [0.15, 0.2) is 5.84 Å². The Balaban J connectivity index is 2.36.